The second kappa shape index (κ2) is 6.63. The predicted octanol–water partition coefficient (Wildman–Crippen LogP) is 3.35. The van der Waals surface area contributed by atoms with Crippen LogP contribution in [0.5, 0.6) is 0 Å². The quantitative estimate of drug-likeness (QED) is 0.813. The highest BCUT2D eigenvalue weighted by molar-refractivity contribution is 6.12. The second-order valence-corrected chi connectivity index (χ2v) is 6.72. The van der Waals surface area contributed by atoms with Gasteiger partial charge in [-0.3, -0.25) is 9.59 Å². The topological polar surface area (TPSA) is 40.6 Å². The number of fused-ring (bicyclic) bond motifs is 1. The Morgan fingerprint density at radius 2 is 1.62 bits per heavy atom. The van der Waals surface area contributed by atoms with Crippen molar-refractivity contribution in [1.29, 1.82) is 0 Å². The van der Waals surface area contributed by atoms with E-state index in [0.717, 1.165) is 34.9 Å². The van der Waals surface area contributed by atoms with Crippen LogP contribution in [0.3, 0.4) is 0 Å². The van der Waals surface area contributed by atoms with Crippen LogP contribution in [0.4, 0.5) is 5.69 Å². The molecule has 2 aromatic carbocycles. The number of benzene rings is 2. The van der Waals surface area contributed by atoms with E-state index < -0.39 is 0 Å². The normalized spacial score (nSPS) is 15.5. The SMILES string of the molecule is CC(=O)N1CCC(C(=O)c2ccc(N(C)C)c3ccccc23)CC1. The van der Waals surface area contributed by atoms with Crippen molar-refractivity contribution < 1.29 is 9.59 Å². The third-order valence-corrected chi connectivity index (χ3v) is 4.96. The Morgan fingerprint density at radius 1 is 1.00 bits per heavy atom. The zero-order valence-corrected chi connectivity index (χ0v) is 14.6. The number of anilines is 1. The minimum Gasteiger partial charge on any atom is -0.377 e. The fourth-order valence-electron chi connectivity index (χ4n) is 3.56. The number of piperidine rings is 1. The van der Waals surface area contributed by atoms with Crippen LogP contribution >= 0.6 is 0 Å². The minimum atomic E-state index is 0.00853. The number of Topliss-reactive ketones (excluding diaryl/α,β-unsaturated/α-hetero) is 1. The molecule has 1 saturated heterocycles. The van der Waals surface area contributed by atoms with E-state index in [1.54, 1.807) is 6.92 Å². The summed E-state index contributed by atoms with van der Waals surface area (Å²) in [6.07, 6.45) is 1.50. The monoisotopic (exact) mass is 324 g/mol. The number of likely N-dealkylation sites (tertiary alicyclic amines) is 1. The molecule has 24 heavy (non-hydrogen) atoms. The molecule has 4 heteroatoms. The number of amides is 1. The van der Waals surface area contributed by atoms with E-state index in [9.17, 15) is 9.59 Å². The summed E-state index contributed by atoms with van der Waals surface area (Å²) >= 11 is 0. The number of hydrogen-bond donors (Lipinski definition) is 0. The van der Waals surface area contributed by atoms with Gasteiger partial charge in [-0.15, -0.1) is 0 Å². The highest BCUT2D eigenvalue weighted by Crippen LogP contribution is 2.31. The number of ketones is 1. The van der Waals surface area contributed by atoms with Gasteiger partial charge in [0.2, 0.25) is 5.91 Å². The van der Waals surface area contributed by atoms with Gasteiger partial charge in [-0.1, -0.05) is 24.3 Å². The van der Waals surface area contributed by atoms with Crippen molar-refractivity contribution in [3.8, 4) is 0 Å². The van der Waals surface area contributed by atoms with E-state index in [4.69, 9.17) is 0 Å². The lowest BCUT2D eigenvalue weighted by Crippen LogP contribution is -2.39. The molecule has 0 bridgehead atoms. The molecule has 1 fully saturated rings. The van der Waals surface area contributed by atoms with Crippen molar-refractivity contribution in [2.24, 2.45) is 5.92 Å². The van der Waals surface area contributed by atoms with E-state index >= 15 is 0 Å². The Kier molecular flexibility index (Phi) is 4.56. The summed E-state index contributed by atoms with van der Waals surface area (Å²) in [5, 5.41) is 2.12. The summed E-state index contributed by atoms with van der Waals surface area (Å²) in [7, 11) is 4.03. The molecule has 1 aliphatic heterocycles. The Balaban J connectivity index is 1.91. The van der Waals surface area contributed by atoms with Crippen molar-refractivity contribution in [2.75, 3.05) is 32.1 Å². The van der Waals surface area contributed by atoms with Gasteiger partial charge in [-0.2, -0.15) is 0 Å². The highest BCUT2D eigenvalue weighted by atomic mass is 16.2. The first kappa shape index (κ1) is 16.5. The standard InChI is InChI=1S/C20H24N2O2/c1-14(23)22-12-10-15(11-13-22)20(24)18-8-9-19(21(2)3)17-7-5-4-6-16(17)18/h4-9,15H,10-13H2,1-3H3. The molecule has 0 N–H and O–H groups in total. The van der Waals surface area contributed by atoms with Gasteiger partial charge in [-0.25, -0.2) is 0 Å². The van der Waals surface area contributed by atoms with Crippen molar-refractivity contribution in [2.45, 2.75) is 19.8 Å². The molecule has 3 rings (SSSR count). The molecule has 0 spiro atoms. The third-order valence-electron chi connectivity index (χ3n) is 4.96. The fraction of sp³-hybridized carbons (Fsp3) is 0.400. The summed E-state index contributed by atoms with van der Waals surface area (Å²) < 4.78 is 0. The first-order chi connectivity index (χ1) is 11.5. The molecule has 4 nitrogen and oxygen atoms in total. The van der Waals surface area contributed by atoms with Crippen LogP contribution in [0.15, 0.2) is 36.4 Å². The smallest absolute Gasteiger partial charge is 0.219 e. The Morgan fingerprint density at radius 3 is 2.21 bits per heavy atom. The van der Waals surface area contributed by atoms with Crippen molar-refractivity contribution in [1.82, 2.24) is 4.90 Å². The van der Waals surface area contributed by atoms with Crippen LogP contribution in [0.1, 0.15) is 30.1 Å². The molecular weight excluding hydrogens is 300 g/mol. The highest BCUT2D eigenvalue weighted by Gasteiger charge is 2.27. The van der Waals surface area contributed by atoms with Crippen molar-refractivity contribution in [3.05, 3.63) is 42.0 Å². The summed E-state index contributed by atoms with van der Waals surface area (Å²) in [4.78, 5) is 28.4. The van der Waals surface area contributed by atoms with Gasteiger partial charge in [0.05, 0.1) is 0 Å². The second-order valence-electron chi connectivity index (χ2n) is 6.72. The summed E-state index contributed by atoms with van der Waals surface area (Å²) in [6.45, 7) is 2.95. The maximum absolute atomic E-state index is 13.1. The Bertz CT molecular complexity index is 774. The van der Waals surface area contributed by atoms with Gasteiger partial charge in [-0.05, 0) is 30.4 Å². The number of carbonyl (C=O) groups is 2. The third kappa shape index (κ3) is 3.01. The van der Waals surface area contributed by atoms with Crippen LogP contribution in [-0.4, -0.2) is 43.8 Å². The molecule has 2 aromatic rings. The first-order valence-electron chi connectivity index (χ1n) is 8.48. The van der Waals surface area contributed by atoms with Crippen LogP contribution in [0.2, 0.25) is 0 Å². The summed E-state index contributed by atoms with van der Waals surface area (Å²) in [5.41, 5.74) is 1.92. The Labute approximate surface area is 143 Å². The molecule has 126 valence electrons. The van der Waals surface area contributed by atoms with Gasteiger partial charge < -0.3 is 9.80 Å². The maximum atomic E-state index is 13.1. The van der Waals surface area contributed by atoms with Gasteiger partial charge >= 0.3 is 0 Å². The maximum Gasteiger partial charge on any atom is 0.219 e. The zero-order chi connectivity index (χ0) is 17.3. The largest absolute Gasteiger partial charge is 0.377 e. The van der Waals surface area contributed by atoms with Gasteiger partial charge in [0.25, 0.3) is 0 Å². The molecule has 0 aliphatic carbocycles. The molecule has 0 saturated carbocycles. The number of carbonyl (C=O) groups excluding carboxylic acids is 2. The minimum absolute atomic E-state index is 0.00853. The summed E-state index contributed by atoms with van der Waals surface area (Å²) in [6, 6.07) is 12.1. The van der Waals surface area contributed by atoms with Crippen molar-refractivity contribution >= 4 is 28.2 Å². The van der Waals surface area contributed by atoms with Crippen molar-refractivity contribution in [3.63, 3.8) is 0 Å². The summed E-state index contributed by atoms with van der Waals surface area (Å²) in [5.74, 6) is 0.315. The fourth-order valence-corrected chi connectivity index (χ4v) is 3.56. The van der Waals surface area contributed by atoms with Crippen LogP contribution in [0, 0.1) is 5.92 Å². The number of hydrogen-bond acceptors (Lipinski definition) is 3. The first-order valence-corrected chi connectivity index (χ1v) is 8.48. The lowest BCUT2D eigenvalue weighted by Gasteiger charge is -2.30. The molecule has 1 amide bonds. The molecule has 0 unspecified atom stereocenters. The number of rotatable bonds is 3. The average Bonchev–Trinajstić information content (AvgIpc) is 2.60. The van der Waals surface area contributed by atoms with Crippen LogP contribution < -0.4 is 4.90 Å². The molecule has 0 aromatic heterocycles. The van der Waals surface area contributed by atoms with Crippen LogP contribution in [-0.2, 0) is 4.79 Å². The van der Waals surface area contributed by atoms with Gasteiger partial charge in [0.1, 0.15) is 0 Å². The average molecular weight is 324 g/mol. The van der Waals surface area contributed by atoms with E-state index in [0.29, 0.717) is 13.1 Å². The molecular formula is C20H24N2O2. The van der Waals surface area contributed by atoms with Crippen LogP contribution in [0.25, 0.3) is 10.8 Å². The predicted molar refractivity (Wildman–Crippen MR) is 97.6 cm³/mol. The molecule has 0 atom stereocenters. The van der Waals surface area contributed by atoms with E-state index in [-0.39, 0.29) is 17.6 Å². The zero-order valence-electron chi connectivity index (χ0n) is 14.6. The molecule has 1 aliphatic rings. The lowest BCUT2D eigenvalue weighted by molar-refractivity contribution is -0.130. The molecule has 1 heterocycles. The van der Waals surface area contributed by atoms with E-state index in [2.05, 4.69) is 11.0 Å². The van der Waals surface area contributed by atoms with E-state index in [1.807, 2.05) is 49.3 Å². The Hall–Kier alpha value is -2.36. The lowest BCUT2D eigenvalue weighted by atomic mass is 9.86. The van der Waals surface area contributed by atoms with Gasteiger partial charge in [0.15, 0.2) is 5.78 Å². The molecule has 0 radical (unpaired) electrons. The van der Waals surface area contributed by atoms with E-state index in [1.165, 1.54) is 0 Å². The number of nitrogens with zero attached hydrogens (tertiary/aromatic N) is 2. The van der Waals surface area contributed by atoms with Gasteiger partial charge in [0, 0.05) is 56.7 Å².